The van der Waals surface area contributed by atoms with Crippen molar-refractivity contribution in [2.75, 3.05) is 5.73 Å². The van der Waals surface area contributed by atoms with E-state index in [2.05, 4.69) is 4.98 Å². The largest absolute Gasteiger partial charge is 0.508 e. The van der Waals surface area contributed by atoms with Gasteiger partial charge in [-0.15, -0.1) is 0 Å². The van der Waals surface area contributed by atoms with Gasteiger partial charge in [-0.2, -0.15) is 0 Å². The molecule has 1 aromatic heterocycles. The van der Waals surface area contributed by atoms with E-state index >= 15 is 0 Å². The standard InChI is InChI=1S/C13H11N3O2/c14-8-4-5-12-11(6-8)15-13(18)16(12)9-2-1-3-10(17)7-9/h1-7,17H,14H2,(H,15,18). The van der Waals surface area contributed by atoms with Crippen LogP contribution in [0.5, 0.6) is 5.75 Å². The molecule has 0 saturated heterocycles. The van der Waals surface area contributed by atoms with Gasteiger partial charge in [-0.3, -0.25) is 4.57 Å². The van der Waals surface area contributed by atoms with Gasteiger partial charge in [0.15, 0.2) is 0 Å². The fraction of sp³-hybridized carbons (Fsp3) is 0. The van der Waals surface area contributed by atoms with Crippen molar-refractivity contribution in [1.82, 2.24) is 9.55 Å². The summed E-state index contributed by atoms with van der Waals surface area (Å²) in [6, 6.07) is 11.7. The second-order valence-corrected chi connectivity index (χ2v) is 4.06. The third-order valence-electron chi connectivity index (χ3n) is 2.79. The Bertz CT molecular complexity index is 786. The molecule has 0 fully saturated rings. The molecule has 2 aromatic carbocycles. The summed E-state index contributed by atoms with van der Waals surface area (Å²) in [5.41, 5.74) is 8.00. The maximum Gasteiger partial charge on any atom is 0.331 e. The number of phenols is 1. The number of phenolic OH excluding ortho intramolecular Hbond substituents is 1. The van der Waals surface area contributed by atoms with Gasteiger partial charge in [0.05, 0.1) is 16.7 Å². The van der Waals surface area contributed by atoms with Gasteiger partial charge in [-0.05, 0) is 30.3 Å². The monoisotopic (exact) mass is 241 g/mol. The number of aromatic hydroxyl groups is 1. The maximum atomic E-state index is 11.9. The van der Waals surface area contributed by atoms with Gasteiger partial charge in [-0.1, -0.05) is 6.07 Å². The second-order valence-electron chi connectivity index (χ2n) is 4.06. The van der Waals surface area contributed by atoms with E-state index in [1.165, 1.54) is 10.6 Å². The van der Waals surface area contributed by atoms with Gasteiger partial charge < -0.3 is 15.8 Å². The van der Waals surface area contributed by atoms with Crippen LogP contribution in [0.25, 0.3) is 16.7 Å². The second kappa shape index (κ2) is 3.66. The minimum absolute atomic E-state index is 0.115. The first-order valence-electron chi connectivity index (χ1n) is 5.45. The predicted octanol–water partition coefficient (Wildman–Crippen LogP) is 1.61. The topological polar surface area (TPSA) is 84.0 Å². The molecule has 0 unspecified atom stereocenters. The van der Waals surface area contributed by atoms with Gasteiger partial charge in [0.1, 0.15) is 5.75 Å². The number of hydrogen-bond acceptors (Lipinski definition) is 3. The van der Waals surface area contributed by atoms with Crippen LogP contribution < -0.4 is 11.4 Å². The lowest BCUT2D eigenvalue weighted by Crippen LogP contribution is -2.14. The first kappa shape index (κ1) is 10.5. The number of nitrogen functional groups attached to an aromatic ring is 1. The molecule has 0 saturated carbocycles. The number of aromatic nitrogens is 2. The Balaban J connectivity index is 2.35. The summed E-state index contributed by atoms with van der Waals surface area (Å²) in [6.45, 7) is 0. The lowest BCUT2D eigenvalue weighted by molar-refractivity contribution is 0.475. The van der Waals surface area contributed by atoms with E-state index in [1.54, 1.807) is 36.4 Å². The average molecular weight is 241 g/mol. The summed E-state index contributed by atoms with van der Waals surface area (Å²) in [7, 11) is 0. The molecule has 18 heavy (non-hydrogen) atoms. The van der Waals surface area contributed by atoms with Gasteiger partial charge in [-0.25, -0.2) is 4.79 Å². The third kappa shape index (κ3) is 1.53. The van der Waals surface area contributed by atoms with Crippen molar-refractivity contribution in [1.29, 1.82) is 0 Å². The van der Waals surface area contributed by atoms with Crippen LogP contribution in [-0.4, -0.2) is 14.7 Å². The van der Waals surface area contributed by atoms with Crippen LogP contribution in [0.4, 0.5) is 5.69 Å². The van der Waals surface area contributed by atoms with Crippen molar-refractivity contribution in [3.63, 3.8) is 0 Å². The molecular weight excluding hydrogens is 230 g/mol. The zero-order valence-electron chi connectivity index (χ0n) is 9.42. The molecular formula is C13H11N3O2. The molecule has 5 nitrogen and oxygen atoms in total. The van der Waals surface area contributed by atoms with E-state index in [4.69, 9.17) is 5.73 Å². The van der Waals surface area contributed by atoms with E-state index in [1.807, 2.05) is 0 Å². The van der Waals surface area contributed by atoms with Crippen LogP contribution in [0.2, 0.25) is 0 Å². The smallest absolute Gasteiger partial charge is 0.331 e. The van der Waals surface area contributed by atoms with Crippen LogP contribution >= 0.6 is 0 Å². The number of aromatic amines is 1. The molecule has 0 radical (unpaired) electrons. The summed E-state index contributed by atoms with van der Waals surface area (Å²) in [5.74, 6) is 0.115. The van der Waals surface area contributed by atoms with E-state index in [9.17, 15) is 9.90 Å². The lowest BCUT2D eigenvalue weighted by Gasteiger charge is -2.03. The van der Waals surface area contributed by atoms with Crippen molar-refractivity contribution in [2.45, 2.75) is 0 Å². The molecule has 0 aliphatic heterocycles. The van der Waals surface area contributed by atoms with Gasteiger partial charge in [0.2, 0.25) is 0 Å². The van der Waals surface area contributed by atoms with Crippen molar-refractivity contribution in [3.05, 3.63) is 52.9 Å². The number of benzene rings is 2. The summed E-state index contributed by atoms with van der Waals surface area (Å²) in [6.07, 6.45) is 0. The maximum absolute atomic E-state index is 11.9. The molecule has 0 spiro atoms. The summed E-state index contributed by atoms with van der Waals surface area (Å²) in [4.78, 5) is 14.7. The Labute approximate surface area is 102 Å². The number of fused-ring (bicyclic) bond motifs is 1. The van der Waals surface area contributed by atoms with Crippen LogP contribution in [0.3, 0.4) is 0 Å². The summed E-state index contributed by atoms with van der Waals surface area (Å²) in [5, 5.41) is 9.47. The fourth-order valence-electron chi connectivity index (χ4n) is 2.02. The zero-order chi connectivity index (χ0) is 12.7. The Kier molecular flexibility index (Phi) is 2.13. The minimum Gasteiger partial charge on any atom is -0.508 e. The number of nitrogens with two attached hydrogens (primary N) is 1. The van der Waals surface area contributed by atoms with E-state index in [0.717, 1.165) is 5.52 Å². The Morgan fingerprint density at radius 3 is 2.78 bits per heavy atom. The van der Waals surface area contributed by atoms with Crippen molar-refractivity contribution < 1.29 is 5.11 Å². The van der Waals surface area contributed by atoms with Gasteiger partial charge in [0, 0.05) is 11.8 Å². The van der Waals surface area contributed by atoms with Crippen molar-refractivity contribution in [3.8, 4) is 11.4 Å². The highest BCUT2D eigenvalue weighted by Gasteiger charge is 2.08. The van der Waals surface area contributed by atoms with Crippen LogP contribution in [0, 0.1) is 0 Å². The predicted molar refractivity (Wildman–Crippen MR) is 70.0 cm³/mol. The lowest BCUT2D eigenvalue weighted by atomic mass is 10.2. The van der Waals surface area contributed by atoms with Crippen LogP contribution in [-0.2, 0) is 0 Å². The molecule has 0 atom stereocenters. The number of imidazole rings is 1. The van der Waals surface area contributed by atoms with E-state index in [0.29, 0.717) is 16.9 Å². The van der Waals surface area contributed by atoms with Crippen LogP contribution in [0.15, 0.2) is 47.3 Å². The van der Waals surface area contributed by atoms with Gasteiger partial charge >= 0.3 is 5.69 Å². The quantitative estimate of drug-likeness (QED) is 0.566. The number of nitrogens with zero attached hydrogens (tertiary/aromatic N) is 1. The molecule has 1 heterocycles. The van der Waals surface area contributed by atoms with Crippen LogP contribution in [0.1, 0.15) is 0 Å². The SMILES string of the molecule is Nc1ccc2c(c1)[nH]c(=O)n2-c1cccc(O)c1. The normalized spacial score (nSPS) is 10.9. The number of H-pyrrole nitrogens is 1. The summed E-state index contributed by atoms with van der Waals surface area (Å²) >= 11 is 0. The highest BCUT2D eigenvalue weighted by molar-refractivity contribution is 5.80. The molecule has 5 heteroatoms. The molecule has 0 bridgehead atoms. The number of anilines is 1. The number of rotatable bonds is 1. The molecule has 4 N–H and O–H groups in total. The van der Waals surface area contributed by atoms with E-state index < -0.39 is 0 Å². The first-order valence-corrected chi connectivity index (χ1v) is 5.45. The molecule has 0 aliphatic rings. The Morgan fingerprint density at radius 1 is 1.17 bits per heavy atom. The third-order valence-corrected chi connectivity index (χ3v) is 2.79. The molecule has 3 rings (SSSR count). The number of nitrogens with one attached hydrogen (secondary N) is 1. The molecule has 90 valence electrons. The van der Waals surface area contributed by atoms with E-state index in [-0.39, 0.29) is 11.4 Å². The van der Waals surface area contributed by atoms with Gasteiger partial charge in [0.25, 0.3) is 0 Å². The minimum atomic E-state index is -0.263. The molecule has 3 aromatic rings. The highest BCUT2D eigenvalue weighted by atomic mass is 16.3. The Hall–Kier alpha value is -2.69. The summed E-state index contributed by atoms with van der Waals surface area (Å²) < 4.78 is 1.49. The van der Waals surface area contributed by atoms with Crippen molar-refractivity contribution >= 4 is 16.7 Å². The van der Waals surface area contributed by atoms with Crippen molar-refractivity contribution in [2.24, 2.45) is 0 Å². The molecule has 0 amide bonds. The highest BCUT2D eigenvalue weighted by Crippen LogP contribution is 2.20. The fourth-order valence-corrected chi connectivity index (χ4v) is 2.02. The first-order chi connectivity index (χ1) is 8.65. The Morgan fingerprint density at radius 2 is 2.00 bits per heavy atom. The average Bonchev–Trinajstić information content (AvgIpc) is 2.64. The number of hydrogen-bond donors (Lipinski definition) is 3. The zero-order valence-corrected chi connectivity index (χ0v) is 9.42. The molecule has 0 aliphatic carbocycles.